The molecule has 3 fully saturated rings. The second-order valence-electron chi connectivity index (χ2n) is 8.04. The molecule has 0 radical (unpaired) electrons. The number of rotatable bonds is 2. The van der Waals surface area contributed by atoms with Gasteiger partial charge in [-0.05, 0) is 52.3 Å². The molecule has 0 unspecified atom stereocenters. The number of nitrogens with one attached hydrogen (secondary N) is 1. The van der Waals surface area contributed by atoms with Gasteiger partial charge in [0.1, 0.15) is 24.1 Å². The van der Waals surface area contributed by atoms with Gasteiger partial charge < -0.3 is 29.0 Å². The van der Waals surface area contributed by atoms with E-state index in [0.717, 1.165) is 0 Å². The van der Waals surface area contributed by atoms with E-state index in [1.54, 1.807) is 46.8 Å². The summed E-state index contributed by atoms with van der Waals surface area (Å²) in [5.74, 6) is -2.60. The Hall–Kier alpha value is -1.58. The Morgan fingerprint density at radius 1 is 1.00 bits per heavy atom. The lowest BCUT2D eigenvalue weighted by Crippen LogP contribution is -2.58. The lowest BCUT2D eigenvalue weighted by Gasteiger charge is -2.36. The summed E-state index contributed by atoms with van der Waals surface area (Å²) in [5.41, 5.74) is 0.838. The number of hydrogen-bond acceptors (Lipinski definition) is 6. The number of anilines is 1. The standard InChI is InChI=1S/C19H24FNO6/c1-9-6-7-10(8-11(9)20)21-16(22)14-12-13(25-18(2,3)24-12)15-17(23-14)27-19(4,5)26-15/h6-8,12-15,17H,1-5H3,(H,21,22)/t12-,13+,14+,15+,17-/m0/s1. The van der Waals surface area contributed by atoms with E-state index in [1.165, 1.54) is 6.07 Å². The summed E-state index contributed by atoms with van der Waals surface area (Å²) < 4.78 is 43.2. The van der Waals surface area contributed by atoms with Crippen LogP contribution < -0.4 is 5.32 Å². The molecular weight excluding hydrogens is 357 g/mol. The van der Waals surface area contributed by atoms with Crippen molar-refractivity contribution in [3.05, 3.63) is 29.6 Å². The SMILES string of the molecule is Cc1ccc(NC(=O)[C@@H]2O[C@H]3OC(C)(C)O[C@@H]3[C@@H]3OC(C)(C)O[C@@H]32)cc1F. The predicted octanol–water partition coefficient (Wildman–Crippen LogP) is 2.47. The first-order valence-corrected chi connectivity index (χ1v) is 8.98. The molecule has 0 aromatic heterocycles. The van der Waals surface area contributed by atoms with E-state index < -0.39 is 54.0 Å². The smallest absolute Gasteiger partial charge is 0.256 e. The molecule has 7 nitrogen and oxygen atoms in total. The second kappa shape index (κ2) is 6.22. The van der Waals surface area contributed by atoms with Crippen molar-refractivity contribution < 1.29 is 32.9 Å². The van der Waals surface area contributed by atoms with Crippen molar-refractivity contribution in [3.8, 4) is 0 Å². The van der Waals surface area contributed by atoms with Crippen LogP contribution in [0.2, 0.25) is 0 Å². The number of amides is 1. The van der Waals surface area contributed by atoms with Gasteiger partial charge in [-0.2, -0.15) is 0 Å². The number of carbonyl (C=O) groups excluding carboxylic acids is 1. The highest BCUT2D eigenvalue weighted by atomic mass is 19.1. The van der Waals surface area contributed by atoms with Crippen LogP contribution in [0.3, 0.4) is 0 Å². The van der Waals surface area contributed by atoms with Crippen LogP contribution in [0.5, 0.6) is 0 Å². The van der Waals surface area contributed by atoms with Gasteiger partial charge in [-0.25, -0.2) is 4.39 Å². The monoisotopic (exact) mass is 381 g/mol. The Balaban J connectivity index is 1.57. The zero-order chi connectivity index (χ0) is 19.6. The minimum Gasteiger partial charge on any atom is -0.342 e. The first-order valence-electron chi connectivity index (χ1n) is 8.98. The van der Waals surface area contributed by atoms with Gasteiger partial charge in [-0.3, -0.25) is 4.79 Å². The van der Waals surface area contributed by atoms with Crippen LogP contribution >= 0.6 is 0 Å². The Bertz CT molecular complexity index is 767. The maximum Gasteiger partial charge on any atom is 0.256 e. The molecule has 0 saturated carbocycles. The molecule has 1 N–H and O–H groups in total. The summed E-state index contributed by atoms with van der Waals surface area (Å²) in [6.45, 7) is 8.74. The molecule has 0 aliphatic carbocycles. The number of aryl methyl sites for hydroxylation is 1. The molecule has 8 heteroatoms. The van der Waals surface area contributed by atoms with Gasteiger partial charge in [-0.1, -0.05) is 6.07 Å². The minimum atomic E-state index is -0.986. The third-order valence-corrected chi connectivity index (χ3v) is 4.85. The molecule has 5 atom stereocenters. The van der Waals surface area contributed by atoms with Crippen molar-refractivity contribution in [2.24, 2.45) is 0 Å². The predicted molar refractivity (Wildman–Crippen MR) is 92.3 cm³/mol. The van der Waals surface area contributed by atoms with Gasteiger partial charge >= 0.3 is 0 Å². The molecular formula is C19H24FNO6. The Labute approximate surface area is 157 Å². The first kappa shape index (κ1) is 18.8. The fraction of sp³-hybridized carbons (Fsp3) is 0.632. The van der Waals surface area contributed by atoms with Gasteiger partial charge in [-0.15, -0.1) is 0 Å². The second-order valence-corrected chi connectivity index (χ2v) is 8.04. The van der Waals surface area contributed by atoms with E-state index in [1.807, 2.05) is 0 Å². The number of hydrogen-bond donors (Lipinski definition) is 1. The molecule has 1 amide bonds. The largest absolute Gasteiger partial charge is 0.342 e. The molecule has 148 valence electrons. The fourth-order valence-electron chi connectivity index (χ4n) is 3.71. The highest BCUT2D eigenvalue weighted by Gasteiger charge is 2.62. The van der Waals surface area contributed by atoms with Gasteiger partial charge in [0.2, 0.25) is 0 Å². The molecule has 1 aromatic rings. The molecule has 0 bridgehead atoms. The van der Waals surface area contributed by atoms with Crippen molar-refractivity contribution in [3.63, 3.8) is 0 Å². The molecule has 4 rings (SSSR count). The quantitative estimate of drug-likeness (QED) is 0.848. The molecule has 3 heterocycles. The average Bonchev–Trinajstić information content (AvgIpc) is 3.04. The van der Waals surface area contributed by atoms with Crippen LogP contribution in [0.4, 0.5) is 10.1 Å². The lowest BCUT2D eigenvalue weighted by molar-refractivity contribution is -0.229. The molecule has 3 saturated heterocycles. The highest BCUT2D eigenvalue weighted by Crippen LogP contribution is 2.44. The zero-order valence-electron chi connectivity index (χ0n) is 15.9. The summed E-state index contributed by atoms with van der Waals surface area (Å²) in [6.07, 6.45) is -3.45. The van der Waals surface area contributed by atoms with Crippen molar-refractivity contribution in [2.45, 2.75) is 76.9 Å². The zero-order valence-corrected chi connectivity index (χ0v) is 15.9. The van der Waals surface area contributed by atoms with E-state index in [4.69, 9.17) is 23.7 Å². The van der Waals surface area contributed by atoms with Crippen molar-refractivity contribution in [2.75, 3.05) is 5.32 Å². The molecule has 0 spiro atoms. The van der Waals surface area contributed by atoms with Gasteiger partial charge in [0.25, 0.3) is 5.91 Å². The Morgan fingerprint density at radius 3 is 2.33 bits per heavy atom. The number of ether oxygens (including phenoxy) is 5. The summed E-state index contributed by atoms with van der Waals surface area (Å²) in [5, 5.41) is 2.68. The maximum absolute atomic E-state index is 13.8. The number of carbonyl (C=O) groups is 1. The summed E-state index contributed by atoms with van der Waals surface area (Å²) in [6, 6.07) is 4.50. The van der Waals surface area contributed by atoms with Crippen LogP contribution in [-0.4, -0.2) is 48.2 Å². The molecule has 3 aliphatic heterocycles. The molecule has 3 aliphatic rings. The Kier molecular flexibility index (Phi) is 4.32. The number of halogens is 1. The Morgan fingerprint density at radius 2 is 1.63 bits per heavy atom. The molecule has 27 heavy (non-hydrogen) atoms. The van der Waals surface area contributed by atoms with E-state index in [0.29, 0.717) is 11.3 Å². The normalized spacial score (nSPS) is 36.1. The lowest BCUT2D eigenvalue weighted by atomic mass is 9.98. The van der Waals surface area contributed by atoms with Gasteiger partial charge in [0, 0.05) is 5.69 Å². The van der Waals surface area contributed by atoms with Crippen LogP contribution in [0.1, 0.15) is 33.3 Å². The molecule has 1 aromatic carbocycles. The summed E-state index contributed by atoms with van der Waals surface area (Å²) in [7, 11) is 0. The minimum absolute atomic E-state index is 0.340. The van der Waals surface area contributed by atoms with Gasteiger partial charge in [0.05, 0.1) is 0 Å². The highest BCUT2D eigenvalue weighted by molar-refractivity contribution is 5.94. The average molecular weight is 381 g/mol. The maximum atomic E-state index is 13.8. The third kappa shape index (κ3) is 3.48. The number of benzene rings is 1. The van der Waals surface area contributed by atoms with Crippen LogP contribution in [0, 0.1) is 12.7 Å². The van der Waals surface area contributed by atoms with Crippen LogP contribution in [-0.2, 0) is 28.5 Å². The summed E-state index contributed by atoms with van der Waals surface area (Å²) in [4.78, 5) is 12.9. The van der Waals surface area contributed by atoms with Crippen molar-refractivity contribution >= 4 is 11.6 Å². The van der Waals surface area contributed by atoms with Crippen molar-refractivity contribution in [1.82, 2.24) is 0 Å². The topological polar surface area (TPSA) is 75.3 Å². The van der Waals surface area contributed by atoms with E-state index in [2.05, 4.69) is 5.32 Å². The van der Waals surface area contributed by atoms with Gasteiger partial charge in [0.15, 0.2) is 24.0 Å². The number of fused-ring (bicyclic) bond motifs is 3. The van der Waals surface area contributed by atoms with Crippen LogP contribution in [0.25, 0.3) is 0 Å². The summed E-state index contributed by atoms with van der Waals surface area (Å²) >= 11 is 0. The third-order valence-electron chi connectivity index (χ3n) is 4.85. The van der Waals surface area contributed by atoms with E-state index in [9.17, 15) is 9.18 Å². The van der Waals surface area contributed by atoms with E-state index in [-0.39, 0.29) is 0 Å². The van der Waals surface area contributed by atoms with Crippen molar-refractivity contribution in [1.29, 1.82) is 0 Å². The fourth-order valence-corrected chi connectivity index (χ4v) is 3.71. The van der Waals surface area contributed by atoms with Crippen LogP contribution in [0.15, 0.2) is 18.2 Å². The van der Waals surface area contributed by atoms with E-state index >= 15 is 0 Å². The first-order chi connectivity index (χ1) is 12.5.